The van der Waals surface area contributed by atoms with Gasteiger partial charge in [-0.15, -0.1) is 28.1 Å². The van der Waals surface area contributed by atoms with Crippen LogP contribution < -0.4 is 9.47 Å². The van der Waals surface area contributed by atoms with E-state index in [0.29, 0.717) is 24.7 Å². The van der Waals surface area contributed by atoms with E-state index in [1.807, 2.05) is 61.5 Å². The smallest absolute Gasteiger partial charge is 0.192 e. The third-order valence-corrected chi connectivity index (χ3v) is 6.61. The van der Waals surface area contributed by atoms with E-state index >= 15 is 0 Å². The number of hydrogen-bond donors (Lipinski definition) is 0. The van der Waals surface area contributed by atoms with E-state index in [1.165, 1.54) is 0 Å². The summed E-state index contributed by atoms with van der Waals surface area (Å²) in [5.74, 6) is 2.99. The van der Waals surface area contributed by atoms with Gasteiger partial charge in [-0.2, -0.15) is 0 Å². The van der Waals surface area contributed by atoms with Crippen molar-refractivity contribution in [3.05, 3.63) is 72.3 Å². The van der Waals surface area contributed by atoms with Crippen LogP contribution >= 0.6 is 23.1 Å². The summed E-state index contributed by atoms with van der Waals surface area (Å²) in [5, 5.41) is 12.7. The summed E-state index contributed by atoms with van der Waals surface area (Å²) in [5.41, 5.74) is 3.04. The van der Waals surface area contributed by atoms with Crippen LogP contribution in [0.3, 0.4) is 0 Å². The molecule has 0 saturated heterocycles. The SMILES string of the molecule is C=CCn1c(SCc2csc(-c3ccc(OCC)c(OC)c3)n2)nnc1-c1ccccc1. The van der Waals surface area contributed by atoms with Gasteiger partial charge in [0.05, 0.1) is 19.4 Å². The maximum Gasteiger partial charge on any atom is 0.192 e. The molecule has 2 aromatic heterocycles. The number of benzene rings is 2. The van der Waals surface area contributed by atoms with Gasteiger partial charge in [0.1, 0.15) is 5.01 Å². The van der Waals surface area contributed by atoms with Gasteiger partial charge in [-0.3, -0.25) is 4.57 Å². The van der Waals surface area contributed by atoms with Crippen molar-refractivity contribution in [2.24, 2.45) is 0 Å². The van der Waals surface area contributed by atoms with Crippen molar-refractivity contribution in [3.8, 4) is 33.5 Å². The highest BCUT2D eigenvalue weighted by molar-refractivity contribution is 7.98. The Labute approximate surface area is 196 Å². The Morgan fingerprint density at radius 2 is 1.94 bits per heavy atom. The lowest BCUT2D eigenvalue weighted by molar-refractivity contribution is 0.311. The summed E-state index contributed by atoms with van der Waals surface area (Å²) < 4.78 is 13.2. The number of nitrogens with zero attached hydrogens (tertiary/aromatic N) is 4. The Kier molecular flexibility index (Phi) is 7.24. The molecule has 0 aliphatic carbocycles. The molecule has 0 saturated carbocycles. The molecule has 0 bridgehead atoms. The summed E-state index contributed by atoms with van der Waals surface area (Å²) in [6.07, 6.45) is 1.86. The van der Waals surface area contributed by atoms with Crippen molar-refractivity contribution in [2.75, 3.05) is 13.7 Å². The number of rotatable bonds is 10. The summed E-state index contributed by atoms with van der Waals surface area (Å²) >= 11 is 3.23. The maximum absolute atomic E-state index is 5.61. The van der Waals surface area contributed by atoms with Gasteiger partial charge in [-0.05, 0) is 25.1 Å². The number of aromatic nitrogens is 4. The minimum Gasteiger partial charge on any atom is -0.493 e. The molecule has 0 fully saturated rings. The molecule has 2 aromatic carbocycles. The Morgan fingerprint density at radius 3 is 2.69 bits per heavy atom. The van der Waals surface area contributed by atoms with Crippen LogP contribution in [0.2, 0.25) is 0 Å². The average molecular weight is 465 g/mol. The lowest BCUT2D eigenvalue weighted by Gasteiger charge is -2.10. The Bertz CT molecular complexity index is 1190. The van der Waals surface area contributed by atoms with Gasteiger partial charge in [0.15, 0.2) is 22.5 Å². The highest BCUT2D eigenvalue weighted by Gasteiger charge is 2.15. The predicted molar refractivity (Wildman–Crippen MR) is 130 cm³/mol. The molecule has 8 heteroatoms. The van der Waals surface area contributed by atoms with Gasteiger partial charge in [0.25, 0.3) is 0 Å². The third kappa shape index (κ3) is 4.87. The number of allylic oxidation sites excluding steroid dienone is 1. The summed E-state index contributed by atoms with van der Waals surface area (Å²) in [6.45, 7) is 7.08. The molecule has 32 heavy (non-hydrogen) atoms. The largest absolute Gasteiger partial charge is 0.493 e. The topological polar surface area (TPSA) is 62.1 Å². The van der Waals surface area contributed by atoms with Crippen molar-refractivity contribution in [3.63, 3.8) is 0 Å². The molecule has 6 nitrogen and oxygen atoms in total. The molecule has 0 N–H and O–H groups in total. The fraction of sp³-hybridized carbons (Fsp3) is 0.208. The lowest BCUT2D eigenvalue weighted by Crippen LogP contribution is -2.00. The van der Waals surface area contributed by atoms with E-state index in [2.05, 4.69) is 26.7 Å². The zero-order valence-corrected chi connectivity index (χ0v) is 19.7. The zero-order chi connectivity index (χ0) is 22.3. The van der Waals surface area contributed by atoms with E-state index in [4.69, 9.17) is 14.5 Å². The fourth-order valence-electron chi connectivity index (χ4n) is 3.21. The van der Waals surface area contributed by atoms with Gasteiger partial charge in [-0.1, -0.05) is 48.2 Å². The van der Waals surface area contributed by atoms with Crippen LogP contribution in [-0.4, -0.2) is 33.5 Å². The van der Waals surface area contributed by atoms with E-state index in [0.717, 1.165) is 38.6 Å². The highest BCUT2D eigenvalue weighted by atomic mass is 32.2. The third-order valence-electron chi connectivity index (χ3n) is 4.67. The molecular weight excluding hydrogens is 440 g/mol. The average Bonchev–Trinajstić information content (AvgIpc) is 3.46. The van der Waals surface area contributed by atoms with Crippen molar-refractivity contribution in [1.82, 2.24) is 19.7 Å². The van der Waals surface area contributed by atoms with Crippen molar-refractivity contribution < 1.29 is 9.47 Å². The minimum absolute atomic E-state index is 0.594. The van der Waals surface area contributed by atoms with Crippen LogP contribution in [-0.2, 0) is 12.3 Å². The second-order valence-corrected chi connectivity index (χ2v) is 8.60. The van der Waals surface area contributed by atoms with E-state index < -0.39 is 0 Å². The van der Waals surface area contributed by atoms with Crippen LogP contribution in [0.25, 0.3) is 22.0 Å². The molecule has 4 aromatic rings. The van der Waals surface area contributed by atoms with Gasteiger partial charge < -0.3 is 9.47 Å². The number of ether oxygens (including phenoxy) is 2. The van der Waals surface area contributed by atoms with Gasteiger partial charge in [0, 0.05) is 28.8 Å². The van der Waals surface area contributed by atoms with Gasteiger partial charge in [0.2, 0.25) is 0 Å². The van der Waals surface area contributed by atoms with Crippen molar-refractivity contribution in [2.45, 2.75) is 24.4 Å². The number of thioether (sulfide) groups is 1. The van der Waals surface area contributed by atoms with Crippen molar-refractivity contribution in [1.29, 1.82) is 0 Å². The Hall–Kier alpha value is -3.10. The first kappa shape index (κ1) is 22.1. The van der Waals surface area contributed by atoms with Crippen LogP contribution in [0.15, 0.2) is 71.7 Å². The molecule has 0 unspecified atom stereocenters. The number of methoxy groups -OCH3 is 1. The molecule has 4 rings (SSSR count). The molecule has 0 aliphatic rings. The maximum atomic E-state index is 5.61. The standard InChI is InChI=1S/C24H24N4O2S2/c1-4-13-28-22(17-9-7-6-8-10-17)26-27-24(28)32-16-19-15-31-23(25-19)18-11-12-20(30-5-2)21(14-18)29-3/h4,6-12,14-15H,1,5,13,16H2,2-3H3. The molecule has 0 amide bonds. The Balaban J connectivity index is 1.50. The molecule has 0 aliphatic heterocycles. The lowest BCUT2D eigenvalue weighted by atomic mass is 10.2. The molecule has 164 valence electrons. The van der Waals surface area contributed by atoms with E-state index in [1.54, 1.807) is 30.2 Å². The Morgan fingerprint density at radius 1 is 1.09 bits per heavy atom. The molecule has 0 spiro atoms. The monoisotopic (exact) mass is 464 g/mol. The summed E-state index contributed by atoms with van der Waals surface area (Å²) in [4.78, 5) is 4.81. The summed E-state index contributed by atoms with van der Waals surface area (Å²) in [6, 6.07) is 16.0. The first-order chi connectivity index (χ1) is 15.7. The molecular formula is C24H24N4O2S2. The zero-order valence-electron chi connectivity index (χ0n) is 18.0. The van der Waals surface area contributed by atoms with Gasteiger partial charge >= 0.3 is 0 Å². The highest BCUT2D eigenvalue weighted by Crippen LogP contribution is 2.35. The van der Waals surface area contributed by atoms with Crippen molar-refractivity contribution >= 4 is 23.1 Å². The fourth-order valence-corrected chi connectivity index (χ4v) is 4.97. The summed E-state index contributed by atoms with van der Waals surface area (Å²) in [7, 11) is 1.65. The van der Waals surface area contributed by atoms with Crippen LogP contribution in [0, 0.1) is 0 Å². The number of hydrogen-bond acceptors (Lipinski definition) is 7. The molecule has 0 radical (unpaired) electrons. The molecule has 2 heterocycles. The van der Waals surface area contributed by atoms with Crippen LogP contribution in [0.1, 0.15) is 12.6 Å². The quantitative estimate of drug-likeness (QED) is 0.213. The second-order valence-electron chi connectivity index (χ2n) is 6.80. The molecule has 0 atom stereocenters. The van der Waals surface area contributed by atoms with Crippen LogP contribution in [0.4, 0.5) is 0 Å². The first-order valence-electron chi connectivity index (χ1n) is 10.2. The second kappa shape index (κ2) is 10.5. The van der Waals surface area contributed by atoms with Crippen LogP contribution in [0.5, 0.6) is 11.5 Å². The predicted octanol–water partition coefficient (Wildman–Crippen LogP) is 5.95. The first-order valence-corrected chi connectivity index (χ1v) is 12.1. The van der Waals surface area contributed by atoms with E-state index in [9.17, 15) is 0 Å². The van der Waals surface area contributed by atoms with Gasteiger partial charge in [-0.25, -0.2) is 4.98 Å². The minimum atomic E-state index is 0.594. The number of thiazole rings is 1. The normalized spacial score (nSPS) is 10.8. The van der Waals surface area contributed by atoms with E-state index in [-0.39, 0.29) is 0 Å².